The minimum atomic E-state index is -0.835. The third-order valence-electron chi connectivity index (χ3n) is 2.48. The second-order valence-electron chi connectivity index (χ2n) is 3.68. The fourth-order valence-corrected chi connectivity index (χ4v) is 1.50. The van der Waals surface area contributed by atoms with E-state index in [0.29, 0.717) is 13.1 Å². The minimum Gasteiger partial charge on any atom is -0.481 e. The monoisotopic (exact) mass is 240 g/mol. The van der Waals surface area contributed by atoms with Crippen molar-refractivity contribution in [2.75, 3.05) is 24.6 Å². The van der Waals surface area contributed by atoms with Crippen LogP contribution in [0.4, 0.5) is 6.01 Å². The second kappa shape index (κ2) is 4.44. The third kappa shape index (κ3) is 2.22. The van der Waals surface area contributed by atoms with Crippen molar-refractivity contribution in [3.63, 3.8) is 0 Å². The quantitative estimate of drug-likeness (QED) is 0.760. The maximum atomic E-state index is 11.3. The van der Waals surface area contributed by atoms with Gasteiger partial charge in [-0.1, -0.05) is 0 Å². The molecule has 0 spiro atoms. The highest BCUT2D eigenvalue weighted by atomic mass is 16.5. The number of ether oxygens (including phenoxy) is 1. The highest BCUT2D eigenvalue weighted by Crippen LogP contribution is 2.24. The highest BCUT2D eigenvalue weighted by molar-refractivity contribution is 5.87. The van der Waals surface area contributed by atoms with Crippen LogP contribution in [0, 0.1) is 5.92 Å². The van der Waals surface area contributed by atoms with Crippen LogP contribution >= 0.6 is 0 Å². The molecule has 0 aliphatic carbocycles. The Balaban J connectivity index is 1.96. The van der Waals surface area contributed by atoms with Crippen molar-refractivity contribution < 1.29 is 23.8 Å². The Kier molecular flexibility index (Phi) is 2.99. The van der Waals surface area contributed by atoms with Gasteiger partial charge in [-0.3, -0.25) is 4.79 Å². The molecule has 0 amide bonds. The molecular weight excluding hydrogens is 228 g/mol. The van der Waals surface area contributed by atoms with Crippen LogP contribution in [0.25, 0.3) is 0 Å². The van der Waals surface area contributed by atoms with E-state index in [1.165, 1.54) is 6.26 Å². The first-order chi connectivity index (χ1) is 8.11. The first-order valence-corrected chi connectivity index (χ1v) is 5.22. The number of rotatable bonds is 4. The predicted molar refractivity (Wildman–Crippen MR) is 55.8 cm³/mol. The fourth-order valence-electron chi connectivity index (χ4n) is 1.50. The van der Waals surface area contributed by atoms with Gasteiger partial charge in [-0.05, 0) is 6.92 Å². The molecule has 1 aromatic rings. The number of aliphatic carboxylic acids is 1. The van der Waals surface area contributed by atoms with Gasteiger partial charge >= 0.3 is 11.9 Å². The standard InChI is InChI=1S/C10H12N2O5/c1-2-16-9(15)7-5-17-10(11-7)12-3-6(4-12)8(13)14/h5-6H,2-4H2,1H3,(H,13,14). The Morgan fingerprint density at radius 1 is 1.65 bits per heavy atom. The lowest BCUT2D eigenvalue weighted by Crippen LogP contribution is -2.50. The molecule has 1 aliphatic heterocycles. The van der Waals surface area contributed by atoms with Crippen molar-refractivity contribution in [2.24, 2.45) is 5.92 Å². The zero-order chi connectivity index (χ0) is 12.4. The summed E-state index contributed by atoms with van der Waals surface area (Å²) in [5, 5.41) is 8.71. The van der Waals surface area contributed by atoms with Crippen LogP contribution in [0.2, 0.25) is 0 Å². The highest BCUT2D eigenvalue weighted by Gasteiger charge is 2.35. The van der Waals surface area contributed by atoms with Crippen LogP contribution in [-0.4, -0.2) is 41.7 Å². The first kappa shape index (κ1) is 11.4. The number of esters is 1. The van der Waals surface area contributed by atoms with Crippen LogP contribution in [0.1, 0.15) is 17.4 Å². The lowest BCUT2D eigenvalue weighted by atomic mass is 10.0. The van der Waals surface area contributed by atoms with Crippen LogP contribution in [0.15, 0.2) is 10.7 Å². The topological polar surface area (TPSA) is 92.9 Å². The molecular formula is C10H12N2O5. The van der Waals surface area contributed by atoms with Crippen molar-refractivity contribution in [1.82, 2.24) is 4.98 Å². The number of oxazole rings is 1. The number of carboxylic acid groups (broad SMARTS) is 1. The van der Waals surface area contributed by atoms with Crippen molar-refractivity contribution in [3.8, 4) is 0 Å². The van der Waals surface area contributed by atoms with E-state index >= 15 is 0 Å². The van der Waals surface area contributed by atoms with E-state index < -0.39 is 17.9 Å². The Bertz CT molecular complexity index is 436. The van der Waals surface area contributed by atoms with E-state index in [0.717, 1.165) is 0 Å². The molecule has 0 atom stereocenters. The first-order valence-electron chi connectivity index (χ1n) is 5.22. The summed E-state index contributed by atoms with van der Waals surface area (Å²) >= 11 is 0. The molecule has 0 unspecified atom stereocenters. The largest absolute Gasteiger partial charge is 0.481 e. The van der Waals surface area contributed by atoms with Gasteiger partial charge in [-0.2, -0.15) is 4.98 Å². The number of hydrogen-bond acceptors (Lipinski definition) is 6. The van der Waals surface area contributed by atoms with Gasteiger partial charge in [0.25, 0.3) is 6.01 Å². The van der Waals surface area contributed by atoms with Gasteiger partial charge in [0.1, 0.15) is 6.26 Å². The van der Waals surface area contributed by atoms with Crippen molar-refractivity contribution in [3.05, 3.63) is 12.0 Å². The molecule has 92 valence electrons. The van der Waals surface area contributed by atoms with Crippen LogP contribution in [0.3, 0.4) is 0 Å². The molecule has 7 nitrogen and oxygen atoms in total. The molecule has 2 rings (SSSR count). The number of anilines is 1. The molecule has 1 aromatic heterocycles. The van der Waals surface area contributed by atoms with Gasteiger partial charge in [0.2, 0.25) is 0 Å². The molecule has 1 N–H and O–H groups in total. The smallest absolute Gasteiger partial charge is 0.360 e. The zero-order valence-corrected chi connectivity index (χ0v) is 9.25. The maximum Gasteiger partial charge on any atom is 0.360 e. The number of carboxylic acids is 1. The Morgan fingerprint density at radius 3 is 2.94 bits per heavy atom. The molecule has 0 aromatic carbocycles. The third-order valence-corrected chi connectivity index (χ3v) is 2.48. The van der Waals surface area contributed by atoms with E-state index in [2.05, 4.69) is 4.98 Å². The fraction of sp³-hybridized carbons (Fsp3) is 0.500. The Labute approximate surface area is 97.0 Å². The normalized spacial score (nSPS) is 15.5. The summed E-state index contributed by atoms with van der Waals surface area (Å²) in [6.45, 7) is 2.66. The van der Waals surface area contributed by atoms with E-state index in [-0.39, 0.29) is 18.3 Å². The molecule has 1 saturated heterocycles. The van der Waals surface area contributed by atoms with Gasteiger partial charge in [-0.15, -0.1) is 0 Å². The van der Waals surface area contributed by atoms with Gasteiger partial charge in [-0.25, -0.2) is 4.79 Å². The molecule has 0 radical (unpaired) electrons. The summed E-state index contributed by atoms with van der Waals surface area (Å²) in [5.74, 6) is -1.77. The molecule has 1 aliphatic rings. The summed E-state index contributed by atoms with van der Waals surface area (Å²) in [6.07, 6.45) is 1.21. The lowest BCUT2D eigenvalue weighted by molar-refractivity contribution is -0.142. The molecule has 1 fully saturated rings. The van der Waals surface area contributed by atoms with Crippen LogP contribution in [0.5, 0.6) is 0 Å². The number of carbonyl (C=O) groups excluding carboxylic acids is 1. The maximum absolute atomic E-state index is 11.3. The average Bonchev–Trinajstić information content (AvgIpc) is 2.64. The number of carbonyl (C=O) groups is 2. The zero-order valence-electron chi connectivity index (χ0n) is 9.25. The molecule has 0 saturated carbocycles. The number of aromatic nitrogens is 1. The van der Waals surface area contributed by atoms with Crippen molar-refractivity contribution in [1.29, 1.82) is 0 Å². The van der Waals surface area contributed by atoms with E-state index in [1.54, 1.807) is 11.8 Å². The van der Waals surface area contributed by atoms with Gasteiger partial charge in [0.05, 0.1) is 12.5 Å². The molecule has 0 bridgehead atoms. The summed E-state index contributed by atoms with van der Waals surface area (Å²) < 4.78 is 9.84. The van der Waals surface area contributed by atoms with Gasteiger partial charge in [0.15, 0.2) is 5.69 Å². The van der Waals surface area contributed by atoms with Gasteiger partial charge in [0, 0.05) is 13.1 Å². The second-order valence-corrected chi connectivity index (χ2v) is 3.68. The minimum absolute atomic E-state index is 0.0978. The summed E-state index contributed by atoms with van der Waals surface area (Å²) in [5.41, 5.74) is 0.0978. The van der Waals surface area contributed by atoms with E-state index in [4.69, 9.17) is 14.3 Å². The molecule has 17 heavy (non-hydrogen) atoms. The van der Waals surface area contributed by atoms with Gasteiger partial charge < -0.3 is 19.2 Å². The van der Waals surface area contributed by atoms with Crippen LogP contribution < -0.4 is 4.90 Å². The number of nitrogens with zero attached hydrogens (tertiary/aromatic N) is 2. The predicted octanol–water partition coefficient (Wildman–Crippen LogP) is 0.372. The van der Waals surface area contributed by atoms with E-state index in [9.17, 15) is 9.59 Å². The summed E-state index contributed by atoms with van der Waals surface area (Å²) in [4.78, 5) is 27.5. The van der Waals surface area contributed by atoms with Crippen molar-refractivity contribution >= 4 is 18.0 Å². The summed E-state index contributed by atoms with van der Waals surface area (Å²) in [7, 11) is 0. The Morgan fingerprint density at radius 2 is 2.35 bits per heavy atom. The number of hydrogen-bond donors (Lipinski definition) is 1. The lowest BCUT2D eigenvalue weighted by Gasteiger charge is -2.35. The van der Waals surface area contributed by atoms with E-state index in [1.807, 2.05) is 0 Å². The molecule has 2 heterocycles. The molecule has 7 heteroatoms. The van der Waals surface area contributed by atoms with Crippen LogP contribution in [-0.2, 0) is 9.53 Å². The SMILES string of the molecule is CCOC(=O)c1coc(N2CC(C(=O)O)C2)n1. The average molecular weight is 240 g/mol. The van der Waals surface area contributed by atoms with Crippen molar-refractivity contribution in [2.45, 2.75) is 6.92 Å². The Hall–Kier alpha value is -2.05. The summed E-state index contributed by atoms with van der Waals surface area (Å²) in [6, 6.07) is 0.255.